The van der Waals surface area contributed by atoms with Crippen molar-refractivity contribution in [1.82, 2.24) is 20.1 Å². The van der Waals surface area contributed by atoms with Gasteiger partial charge in [0, 0.05) is 29.1 Å². The van der Waals surface area contributed by atoms with Gasteiger partial charge in [-0.3, -0.25) is 19.3 Å². The Hall–Kier alpha value is -4.61. The van der Waals surface area contributed by atoms with E-state index in [0.717, 1.165) is 18.2 Å². The van der Waals surface area contributed by atoms with Crippen LogP contribution >= 0.6 is 0 Å². The number of carbonyl (C=O) groups excluding carboxylic acids is 2. The molecule has 0 unspecified atom stereocenters. The van der Waals surface area contributed by atoms with E-state index in [9.17, 15) is 31.5 Å². The lowest BCUT2D eigenvalue weighted by atomic mass is 9.94. The molecule has 4 aromatic rings. The fourth-order valence-electron chi connectivity index (χ4n) is 5.50. The van der Waals surface area contributed by atoms with E-state index in [1.54, 1.807) is 12.1 Å². The highest BCUT2D eigenvalue weighted by Gasteiger charge is 2.32. The largest absolute Gasteiger partial charge is 0.366 e. The Morgan fingerprint density at radius 2 is 1.81 bits per heavy atom. The molecule has 5 rings (SSSR count). The number of hydrogen-bond donors (Lipinski definition) is 2. The SMILES string of the molecule is C[C@@H]1CCc2c1c(C(F)F)nn2CC(=O)N[C@@H](Cc1cc(F)cc(F)c1)c1ncccc1-c1ccc(F)c(C(N)=O)c1. The number of alkyl halides is 2. The molecule has 0 saturated heterocycles. The third kappa shape index (κ3) is 5.88. The van der Waals surface area contributed by atoms with Crippen LogP contribution < -0.4 is 11.1 Å². The number of primary amides is 1. The first-order valence-electron chi connectivity index (χ1n) is 13.2. The van der Waals surface area contributed by atoms with E-state index < -0.39 is 41.7 Å². The molecule has 0 fully saturated rings. The number of fused-ring (bicyclic) bond motifs is 1. The van der Waals surface area contributed by atoms with Crippen molar-refractivity contribution in [3.63, 3.8) is 0 Å². The number of hydrogen-bond acceptors (Lipinski definition) is 4. The highest BCUT2D eigenvalue weighted by atomic mass is 19.3. The molecule has 218 valence electrons. The fraction of sp³-hybridized carbons (Fsp3) is 0.267. The van der Waals surface area contributed by atoms with Crippen molar-refractivity contribution in [2.24, 2.45) is 5.73 Å². The maximum Gasteiger partial charge on any atom is 0.282 e. The summed E-state index contributed by atoms with van der Waals surface area (Å²) in [4.78, 5) is 29.6. The summed E-state index contributed by atoms with van der Waals surface area (Å²) in [6.45, 7) is 1.46. The molecule has 0 bridgehead atoms. The smallest absolute Gasteiger partial charge is 0.282 e. The highest BCUT2D eigenvalue weighted by molar-refractivity contribution is 5.94. The van der Waals surface area contributed by atoms with Crippen molar-refractivity contribution < 1.29 is 31.5 Å². The molecule has 2 aromatic carbocycles. The Morgan fingerprint density at radius 1 is 1.07 bits per heavy atom. The summed E-state index contributed by atoms with van der Waals surface area (Å²) >= 11 is 0. The number of benzene rings is 2. The second kappa shape index (κ2) is 11.7. The molecule has 2 atom stereocenters. The maximum absolute atomic E-state index is 14.2. The molecule has 2 amide bonds. The summed E-state index contributed by atoms with van der Waals surface area (Å²) in [5, 5.41) is 6.83. The number of rotatable bonds is 9. The molecule has 0 spiro atoms. The fourth-order valence-corrected chi connectivity index (χ4v) is 5.50. The van der Waals surface area contributed by atoms with Gasteiger partial charge in [-0.1, -0.05) is 19.1 Å². The zero-order valence-corrected chi connectivity index (χ0v) is 22.4. The Kier molecular flexibility index (Phi) is 8.06. The number of halogens is 5. The lowest BCUT2D eigenvalue weighted by Gasteiger charge is -2.22. The standard InChI is InChI=1S/C30H26F5N5O2/c1-15-4-7-24-26(15)28(29(34)35)39-40(24)14-25(41)38-23(11-16-9-18(31)13-19(32)10-16)27-20(3-2-8-37-27)17-5-6-22(33)21(12-17)30(36)42/h2-3,5-6,8-10,12-13,15,23,29H,4,7,11,14H2,1H3,(H2,36,42)(H,38,41)/t15-,23+/m1/s1. The van der Waals surface area contributed by atoms with Crippen molar-refractivity contribution in [1.29, 1.82) is 0 Å². The molecule has 3 N–H and O–H groups in total. The van der Waals surface area contributed by atoms with E-state index in [4.69, 9.17) is 5.73 Å². The van der Waals surface area contributed by atoms with Gasteiger partial charge in [-0.15, -0.1) is 0 Å². The third-order valence-corrected chi connectivity index (χ3v) is 7.34. The van der Waals surface area contributed by atoms with E-state index in [1.165, 1.54) is 23.0 Å². The topological polar surface area (TPSA) is 103 Å². The number of aromatic nitrogens is 3. The molecule has 7 nitrogen and oxygen atoms in total. The summed E-state index contributed by atoms with van der Waals surface area (Å²) in [6, 6.07) is 8.91. The van der Waals surface area contributed by atoms with Gasteiger partial charge in [0.15, 0.2) is 0 Å². The molecule has 0 aliphatic heterocycles. The second-order valence-electron chi connectivity index (χ2n) is 10.2. The van der Waals surface area contributed by atoms with Gasteiger partial charge in [0.1, 0.15) is 29.7 Å². The van der Waals surface area contributed by atoms with Gasteiger partial charge in [0.2, 0.25) is 5.91 Å². The van der Waals surface area contributed by atoms with Crippen LogP contribution in [-0.4, -0.2) is 26.6 Å². The number of nitrogens with two attached hydrogens (primary N) is 1. The molecule has 1 aliphatic carbocycles. The van der Waals surface area contributed by atoms with Crippen LogP contribution in [0.5, 0.6) is 0 Å². The van der Waals surface area contributed by atoms with E-state index in [2.05, 4.69) is 15.4 Å². The molecular formula is C30H26F5N5O2. The number of carbonyl (C=O) groups is 2. The number of nitrogens with one attached hydrogen (secondary N) is 1. The molecule has 0 radical (unpaired) electrons. The molecule has 2 aromatic heterocycles. The molecule has 42 heavy (non-hydrogen) atoms. The van der Waals surface area contributed by atoms with Crippen molar-refractivity contribution >= 4 is 11.8 Å². The Bertz CT molecular complexity index is 1650. The van der Waals surface area contributed by atoms with Crippen molar-refractivity contribution in [2.45, 2.75) is 51.1 Å². The van der Waals surface area contributed by atoms with Crippen LogP contribution in [0.2, 0.25) is 0 Å². The predicted octanol–water partition coefficient (Wildman–Crippen LogP) is 5.55. The minimum atomic E-state index is -2.80. The zero-order valence-electron chi connectivity index (χ0n) is 22.4. The quantitative estimate of drug-likeness (QED) is 0.252. The van der Waals surface area contributed by atoms with Crippen LogP contribution in [0.4, 0.5) is 22.0 Å². The van der Waals surface area contributed by atoms with Crippen LogP contribution in [0.1, 0.15) is 70.3 Å². The van der Waals surface area contributed by atoms with Crippen molar-refractivity contribution in [3.05, 3.63) is 106 Å². The summed E-state index contributed by atoms with van der Waals surface area (Å²) in [5.74, 6) is -4.15. The van der Waals surface area contributed by atoms with Crippen LogP contribution in [0, 0.1) is 17.5 Å². The molecule has 0 saturated carbocycles. The molecule has 12 heteroatoms. The van der Waals surface area contributed by atoms with Gasteiger partial charge < -0.3 is 11.1 Å². The highest BCUT2D eigenvalue weighted by Crippen LogP contribution is 2.39. The van der Waals surface area contributed by atoms with E-state index in [1.807, 2.05) is 6.92 Å². The van der Waals surface area contributed by atoms with E-state index >= 15 is 0 Å². The van der Waals surface area contributed by atoms with Crippen molar-refractivity contribution in [2.75, 3.05) is 0 Å². The van der Waals surface area contributed by atoms with E-state index in [0.29, 0.717) is 41.3 Å². The lowest BCUT2D eigenvalue weighted by molar-refractivity contribution is -0.122. The maximum atomic E-state index is 14.2. The normalized spacial score (nSPS) is 15.1. The Labute approximate surface area is 237 Å². The van der Waals surface area contributed by atoms with Gasteiger partial charge in [-0.05, 0) is 66.6 Å². The number of amides is 2. The first-order valence-corrected chi connectivity index (χ1v) is 13.2. The Morgan fingerprint density at radius 3 is 2.50 bits per heavy atom. The second-order valence-corrected chi connectivity index (χ2v) is 10.2. The summed E-state index contributed by atoms with van der Waals surface area (Å²) in [6.07, 6.45) is -0.308. The average molecular weight is 584 g/mol. The first-order chi connectivity index (χ1) is 20.0. The minimum absolute atomic E-state index is 0.106. The number of pyridine rings is 1. The van der Waals surface area contributed by atoms with Crippen LogP contribution in [0.15, 0.2) is 54.7 Å². The van der Waals surface area contributed by atoms with Gasteiger partial charge in [-0.2, -0.15) is 5.10 Å². The zero-order chi connectivity index (χ0) is 30.1. The molecule has 2 heterocycles. The van der Waals surface area contributed by atoms with Crippen molar-refractivity contribution in [3.8, 4) is 11.1 Å². The minimum Gasteiger partial charge on any atom is -0.366 e. The first kappa shape index (κ1) is 28.9. The predicted molar refractivity (Wildman–Crippen MR) is 143 cm³/mol. The lowest BCUT2D eigenvalue weighted by Crippen LogP contribution is -2.34. The van der Waals surface area contributed by atoms with Crippen LogP contribution in [0.25, 0.3) is 11.1 Å². The van der Waals surface area contributed by atoms with Gasteiger partial charge in [0.05, 0.1) is 17.3 Å². The summed E-state index contributed by atoms with van der Waals surface area (Å²) in [7, 11) is 0. The molecular weight excluding hydrogens is 557 g/mol. The monoisotopic (exact) mass is 583 g/mol. The third-order valence-electron chi connectivity index (χ3n) is 7.34. The van der Waals surface area contributed by atoms with Gasteiger partial charge in [0.25, 0.3) is 12.3 Å². The molecule has 1 aliphatic rings. The van der Waals surface area contributed by atoms with Crippen LogP contribution in [-0.2, 0) is 24.2 Å². The van der Waals surface area contributed by atoms with Crippen LogP contribution in [0.3, 0.4) is 0 Å². The van der Waals surface area contributed by atoms with Gasteiger partial charge >= 0.3 is 0 Å². The number of nitrogens with zero attached hydrogens (tertiary/aromatic N) is 3. The Balaban J connectivity index is 1.52. The summed E-state index contributed by atoms with van der Waals surface area (Å²) in [5.41, 5.74) is 6.87. The average Bonchev–Trinajstić information content (AvgIpc) is 3.48. The van der Waals surface area contributed by atoms with Gasteiger partial charge in [-0.25, -0.2) is 22.0 Å². The summed E-state index contributed by atoms with van der Waals surface area (Å²) < 4.78 is 71.0. The van der Waals surface area contributed by atoms with E-state index in [-0.39, 0.29) is 41.4 Å².